The summed E-state index contributed by atoms with van der Waals surface area (Å²) in [6, 6.07) is 19.6. The maximum Gasteiger partial charge on any atom is 0.264 e. The van der Waals surface area contributed by atoms with E-state index in [1.165, 1.54) is 17.0 Å². The van der Waals surface area contributed by atoms with E-state index in [1.807, 2.05) is 19.9 Å². The first-order valence-electron chi connectivity index (χ1n) is 12.0. The van der Waals surface area contributed by atoms with Gasteiger partial charge in [-0.2, -0.15) is 0 Å². The Kier molecular flexibility index (Phi) is 9.34. The van der Waals surface area contributed by atoms with E-state index in [9.17, 15) is 18.0 Å². The number of hydrogen-bond donors (Lipinski definition) is 1. The average Bonchev–Trinajstić information content (AvgIpc) is 2.86. The first-order valence-corrected chi connectivity index (χ1v) is 13.8. The maximum absolute atomic E-state index is 13.8. The first kappa shape index (κ1) is 28.2. The summed E-state index contributed by atoms with van der Waals surface area (Å²) < 4.78 is 28.7. The number of carbonyl (C=O) groups excluding carboxylic acids is 2. The van der Waals surface area contributed by atoms with Gasteiger partial charge in [-0.3, -0.25) is 13.9 Å². The number of benzene rings is 3. The highest BCUT2D eigenvalue weighted by Gasteiger charge is 2.32. The Balaban J connectivity index is 2.06. The quantitative estimate of drug-likeness (QED) is 0.403. The Labute approximate surface area is 224 Å². The number of hydrogen-bond acceptors (Lipinski definition) is 4. The van der Waals surface area contributed by atoms with Crippen LogP contribution in [0.4, 0.5) is 5.69 Å². The molecule has 0 aliphatic rings. The van der Waals surface area contributed by atoms with Crippen molar-refractivity contribution in [3.8, 4) is 0 Å². The number of anilines is 1. The van der Waals surface area contributed by atoms with Gasteiger partial charge in [-0.05, 0) is 74.7 Å². The Morgan fingerprint density at radius 2 is 1.54 bits per heavy atom. The zero-order chi connectivity index (χ0) is 27.2. The molecule has 0 unspecified atom stereocenters. The molecular weight excluding hydrogens is 510 g/mol. The van der Waals surface area contributed by atoms with Crippen molar-refractivity contribution in [2.75, 3.05) is 17.4 Å². The van der Waals surface area contributed by atoms with Gasteiger partial charge < -0.3 is 10.2 Å². The lowest BCUT2D eigenvalue weighted by Crippen LogP contribution is -2.51. The second kappa shape index (κ2) is 12.3. The van der Waals surface area contributed by atoms with Gasteiger partial charge in [0.25, 0.3) is 10.0 Å². The van der Waals surface area contributed by atoms with Crippen molar-refractivity contribution in [3.63, 3.8) is 0 Å². The van der Waals surface area contributed by atoms with E-state index in [0.717, 1.165) is 15.4 Å². The minimum Gasteiger partial charge on any atom is -0.355 e. The SMILES string of the molecule is CCNC(=O)[C@H](C)N(Cc1ccccc1Cl)C(=O)CN(c1cc(C)cc(C)c1)S(=O)(=O)c1ccccc1. The molecule has 0 aliphatic carbocycles. The summed E-state index contributed by atoms with van der Waals surface area (Å²) in [5.41, 5.74) is 2.74. The molecule has 0 aliphatic heterocycles. The van der Waals surface area contributed by atoms with Crippen molar-refractivity contribution < 1.29 is 18.0 Å². The van der Waals surface area contributed by atoms with Crippen LogP contribution in [-0.4, -0.2) is 44.3 Å². The fraction of sp³-hybridized carbons (Fsp3) is 0.286. The fourth-order valence-electron chi connectivity index (χ4n) is 4.06. The van der Waals surface area contributed by atoms with Gasteiger partial charge in [-0.25, -0.2) is 8.42 Å². The Bertz CT molecular complexity index is 1340. The molecule has 196 valence electrons. The Morgan fingerprint density at radius 1 is 0.946 bits per heavy atom. The van der Waals surface area contributed by atoms with Crippen molar-refractivity contribution in [3.05, 3.63) is 94.5 Å². The molecular formula is C28H32ClN3O4S. The van der Waals surface area contributed by atoms with E-state index in [4.69, 9.17) is 11.6 Å². The maximum atomic E-state index is 13.8. The fourth-order valence-corrected chi connectivity index (χ4v) is 5.67. The van der Waals surface area contributed by atoms with E-state index < -0.39 is 28.5 Å². The van der Waals surface area contributed by atoms with E-state index in [-0.39, 0.29) is 17.3 Å². The average molecular weight is 542 g/mol. The van der Waals surface area contributed by atoms with Crippen molar-refractivity contribution in [2.45, 2.75) is 45.2 Å². The van der Waals surface area contributed by atoms with Crippen LogP contribution >= 0.6 is 11.6 Å². The number of rotatable bonds is 10. The molecule has 0 heterocycles. The van der Waals surface area contributed by atoms with E-state index in [2.05, 4.69) is 5.32 Å². The summed E-state index contributed by atoms with van der Waals surface area (Å²) in [4.78, 5) is 28.0. The highest BCUT2D eigenvalue weighted by atomic mass is 35.5. The van der Waals surface area contributed by atoms with Crippen LogP contribution in [-0.2, 0) is 26.2 Å². The van der Waals surface area contributed by atoms with Gasteiger partial charge in [0.2, 0.25) is 11.8 Å². The van der Waals surface area contributed by atoms with Crippen LogP contribution in [0.3, 0.4) is 0 Å². The molecule has 0 saturated heterocycles. The van der Waals surface area contributed by atoms with Gasteiger partial charge in [0.05, 0.1) is 10.6 Å². The molecule has 3 rings (SSSR count). The highest BCUT2D eigenvalue weighted by Crippen LogP contribution is 2.27. The molecule has 0 aromatic heterocycles. The third-order valence-electron chi connectivity index (χ3n) is 5.92. The monoisotopic (exact) mass is 541 g/mol. The van der Waals surface area contributed by atoms with Crippen LogP contribution in [0.2, 0.25) is 5.02 Å². The van der Waals surface area contributed by atoms with E-state index in [0.29, 0.717) is 22.8 Å². The highest BCUT2D eigenvalue weighted by molar-refractivity contribution is 7.92. The molecule has 2 amide bonds. The molecule has 0 spiro atoms. The second-order valence-electron chi connectivity index (χ2n) is 8.85. The normalized spacial score (nSPS) is 12.0. The lowest BCUT2D eigenvalue weighted by Gasteiger charge is -2.32. The number of carbonyl (C=O) groups is 2. The zero-order valence-corrected chi connectivity index (χ0v) is 23.0. The largest absolute Gasteiger partial charge is 0.355 e. The topological polar surface area (TPSA) is 86.8 Å². The molecule has 0 fully saturated rings. The van der Waals surface area contributed by atoms with Crippen LogP contribution in [0.25, 0.3) is 0 Å². The van der Waals surface area contributed by atoms with Gasteiger partial charge in [-0.1, -0.05) is 54.1 Å². The summed E-state index contributed by atoms with van der Waals surface area (Å²) in [7, 11) is -4.09. The molecule has 9 heteroatoms. The van der Waals surface area contributed by atoms with Crippen LogP contribution in [0.1, 0.15) is 30.5 Å². The van der Waals surface area contributed by atoms with E-state index >= 15 is 0 Å². The smallest absolute Gasteiger partial charge is 0.264 e. The molecule has 37 heavy (non-hydrogen) atoms. The number of nitrogens with zero attached hydrogens (tertiary/aromatic N) is 2. The molecule has 0 radical (unpaired) electrons. The Hall–Kier alpha value is -3.36. The zero-order valence-electron chi connectivity index (χ0n) is 21.4. The molecule has 3 aromatic carbocycles. The van der Waals surface area contributed by atoms with Gasteiger partial charge in [0.15, 0.2) is 0 Å². The molecule has 0 saturated carbocycles. The van der Waals surface area contributed by atoms with Gasteiger partial charge in [0, 0.05) is 18.1 Å². The summed E-state index contributed by atoms with van der Waals surface area (Å²) in [6.45, 7) is 7.09. The standard InChI is InChI=1S/C28H32ClN3O4S/c1-5-30-28(34)22(4)31(18-23-11-9-10-14-26(23)29)27(33)19-32(24-16-20(2)15-21(3)17-24)37(35,36)25-12-7-6-8-13-25/h6-17,22H,5,18-19H2,1-4H3,(H,30,34)/t22-/m0/s1. The summed E-state index contributed by atoms with van der Waals surface area (Å²) in [6.07, 6.45) is 0. The van der Waals surface area contributed by atoms with Crippen molar-refractivity contribution in [2.24, 2.45) is 0 Å². The number of sulfonamides is 1. The number of amides is 2. The molecule has 1 N–H and O–H groups in total. The van der Waals surface area contributed by atoms with Crippen molar-refractivity contribution in [1.29, 1.82) is 0 Å². The number of likely N-dealkylation sites (N-methyl/N-ethyl adjacent to an activating group) is 1. The molecule has 0 bridgehead atoms. The minimum absolute atomic E-state index is 0.0445. The van der Waals surface area contributed by atoms with Crippen LogP contribution < -0.4 is 9.62 Å². The minimum atomic E-state index is -4.09. The lowest BCUT2D eigenvalue weighted by molar-refractivity contribution is -0.139. The van der Waals surface area contributed by atoms with Crippen LogP contribution in [0, 0.1) is 13.8 Å². The Morgan fingerprint density at radius 3 is 2.14 bits per heavy atom. The lowest BCUT2D eigenvalue weighted by atomic mass is 10.1. The number of halogens is 1. The van der Waals surface area contributed by atoms with Gasteiger partial charge in [0.1, 0.15) is 12.6 Å². The predicted molar refractivity (Wildman–Crippen MR) is 147 cm³/mol. The third-order valence-corrected chi connectivity index (χ3v) is 8.08. The van der Waals surface area contributed by atoms with Crippen molar-refractivity contribution in [1.82, 2.24) is 10.2 Å². The summed E-state index contributed by atoms with van der Waals surface area (Å²) in [5.74, 6) is -0.871. The molecule has 3 aromatic rings. The van der Waals surface area contributed by atoms with Crippen molar-refractivity contribution >= 4 is 39.1 Å². The van der Waals surface area contributed by atoms with E-state index in [1.54, 1.807) is 68.4 Å². The van der Waals surface area contributed by atoms with Crippen LogP contribution in [0.5, 0.6) is 0 Å². The van der Waals surface area contributed by atoms with Gasteiger partial charge in [-0.15, -0.1) is 0 Å². The molecule has 1 atom stereocenters. The summed E-state index contributed by atoms with van der Waals surface area (Å²) >= 11 is 6.36. The predicted octanol–water partition coefficient (Wildman–Crippen LogP) is 4.71. The third kappa shape index (κ3) is 6.90. The summed E-state index contributed by atoms with van der Waals surface area (Å²) in [5, 5.41) is 3.19. The molecule has 7 nitrogen and oxygen atoms in total. The number of aryl methyl sites for hydroxylation is 2. The van der Waals surface area contributed by atoms with Gasteiger partial charge >= 0.3 is 0 Å². The van der Waals surface area contributed by atoms with Crippen LogP contribution in [0.15, 0.2) is 77.7 Å². The first-order chi connectivity index (χ1) is 17.5. The second-order valence-corrected chi connectivity index (χ2v) is 11.1. The number of nitrogens with one attached hydrogen (secondary N) is 1.